The van der Waals surface area contributed by atoms with Crippen LogP contribution < -0.4 is 19.5 Å². The van der Waals surface area contributed by atoms with Gasteiger partial charge in [-0.25, -0.2) is 0 Å². The van der Waals surface area contributed by atoms with Crippen LogP contribution in [0.2, 0.25) is 10.0 Å². The van der Waals surface area contributed by atoms with Gasteiger partial charge in [-0.05, 0) is 37.6 Å². The number of anilines is 1. The van der Waals surface area contributed by atoms with Crippen molar-refractivity contribution in [3.63, 3.8) is 0 Å². The summed E-state index contributed by atoms with van der Waals surface area (Å²) >= 11 is 12.0. The Balaban J connectivity index is 2.15. The van der Waals surface area contributed by atoms with Crippen LogP contribution in [0.1, 0.15) is 12.5 Å². The third-order valence-electron chi connectivity index (χ3n) is 3.58. The Morgan fingerprint density at radius 1 is 1.08 bits per heavy atom. The standard InChI is InChI=1S/C18H19Cl2NO4/c1-10-8-15(23-3)16(24-4)9-13(10)21-18(22)11(2)25-14-7-5-6-12(19)17(14)20/h5-9,11H,1-4H3,(H,21,22). The molecule has 1 atom stereocenters. The Bertz CT molecular complexity index is 780. The lowest BCUT2D eigenvalue weighted by Gasteiger charge is -2.18. The molecule has 0 fully saturated rings. The summed E-state index contributed by atoms with van der Waals surface area (Å²) in [5.41, 5.74) is 1.44. The van der Waals surface area contributed by atoms with E-state index < -0.39 is 6.10 Å². The van der Waals surface area contributed by atoms with Crippen LogP contribution in [0.4, 0.5) is 5.69 Å². The number of aryl methyl sites for hydroxylation is 1. The Morgan fingerprint density at radius 2 is 1.72 bits per heavy atom. The molecule has 134 valence electrons. The second-order valence-electron chi connectivity index (χ2n) is 5.32. The molecule has 0 bridgehead atoms. The summed E-state index contributed by atoms with van der Waals surface area (Å²) < 4.78 is 16.1. The van der Waals surface area contributed by atoms with Crippen LogP contribution in [-0.2, 0) is 4.79 Å². The van der Waals surface area contributed by atoms with Gasteiger partial charge in [0.05, 0.1) is 19.2 Å². The van der Waals surface area contributed by atoms with E-state index in [0.717, 1.165) is 5.56 Å². The fraction of sp³-hybridized carbons (Fsp3) is 0.278. The molecule has 0 aliphatic carbocycles. The van der Waals surface area contributed by atoms with Crippen LogP contribution in [0, 0.1) is 6.92 Å². The molecule has 0 aliphatic heterocycles. The summed E-state index contributed by atoms with van der Waals surface area (Å²) in [4.78, 5) is 12.4. The second-order valence-corrected chi connectivity index (χ2v) is 6.11. The van der Waals surface area contributed by atoms with E-state index in [4.69, 9.17) is 37.4 Å². The number of hydrogen-bond acceptors (Lipinski definition) is 4. The zero-order valence-corrected chi connectivity index (χ0v) is 15.9. The molecule has 2 aromatic carbocycles. The fourth-order valence-electron chi connectivity index (χ4n) is 2.17. The summed E-state index contributed by atoms with van der Waals surface area (Å²) in [6.07, 6.45) is -0.775. The van der Waals surface area contributed by atoms with Crippen molar-refractivity contribution in [2.45, 2.75) is 20.0 Å². The number of amides is 1. The van der Waals surface area contributed by atoms with Gasteiger partial charge in [0.2, 0.25) is 0 Å². The van der Waals surface area contributed by atoms with Crippen molar-refractivity contribution >= 4 is 34.8 Å². The zero-order valence-electron chi connectivity index (χ0n) is 14.4. The van der Waals surface area contributed by atoms with Gasteiger partial charge in [-0.15, -0.1) is 0 Å². The minimum Gasteiger partial charge on any atom is -0.493 e. The highest BCUT2D eigenvalue weighted by Gasteiger charge is 2.19. The SMILES string of the molecule is COc1cc(C)c(NC(=O)C(C)Oc2cccc(Cl)c2Cl)cc1OC. The predicted molar refractivity (Wildman–Crippen MR) is 99.5 cm³/mol. The predicted octanol–water partition coefficient (Wildman–Crippen LogP) is 4.73. The molecule has 0 spiro atoms. The monoisotopic (exact) mass is 383 g/mol. The molecule has 0 aromatic heterocycles. The van der Waals surface area contributed by atoms with Gasteiger partial charge >= 0.3 is 0 Å². The molecule has 0 saturated carbocycles. The number of hydrogen-bond donors (Lipinski definition) is 1. The minimum absolute atomic E-state index is 0.270. The quantitative estimate of drug-likeness (QED) is 0.783. The molecular weight excluding hydrogens is 365 g/mol. The first kappa shape index (κ1) is 19.2. The number of methoxy groups -OCH3 is 2. The maximum Gasteiger partial charge on any atom is 0.265 e. The highest BCUT2D eigenvalue weighted by molar-refractivity contribution is 6.42. The smallest absolute Gasteiger partial charge is 0.265 e. The Morgan fingerprint density at radius 3 is 2.36 bits per heavy atom. The number of benzene rings is 2. The molecular formula is C18H19Cl2NO4. The highest BCUT2D eigenvalue weighted by Crippen LogP contribution is 2.34. The van der Waals surface area contributed by atoms with Crippen molar-refractivity contribution < 1.29 is 19.0 Å². The van der Waals surface area contributed by atoms with E-state index in [1.807, 2.05) is 6.92 Å². The number of carbonyl (C=O) groups is 1. The number of halogens is 2. The summed E-state index contributed by atoms with van der Waals surface area (Å²) in [5, 5.41) is 3.45. The highest BCUT2D eigenvalue weighted by atomic mass is 35.5. The van der Waals surface area contributed by atoms with Gasteiger partial charge in [0, 0.05) is 11.8 Å². The van der Waals surface area contributed by atoms with Gasteiger partial charge in [0.25, 0.3) is 5.91 Å². The zero-order chi connectivity index (χ0) is 18.6. The largest absolute Gasteiger partial charge is 0.493 e. The van der Waals surface area contributed by atoms with E-state index in [1.165, 1.54) is 7.11 Å². The van der Waals surface area contributed by atoms with Crippen molar-refractivity contribution in [1.29, 1.82) is 0 Å². The molecule has 1 unspecified atom stereocenters. The van der Waals surface area contributed by atoms with E-state index in [0.29, 0.717) is 28.0 Å². The number of ether oxygens (including phenoxy) is 3. The van der Waals surface area contributed by atoms with Gasteiger partial charge in [0.15, 0.2) is 17.6 Å². The van der Waals surface area contributed by atoms with Gasteiger partial charge in [-0.2, -0.15) is 0 Å². The molecule has 0 saturated heterocycles. The fourth-order valence-corrected chi connectivity index (χ4v) is 2.51. The molecule has 2 rings (SSSR count). The normalized spacial score (nSPS) is 11.6. The van der Waals surface area contributed by atoms with Crippen molar-refractivity contribution in [3.8, 4) is 17.2 Å². The van der Waals surface area contributed by atoms with E-state index >= 15 is 0 Å². The van der Waals surface area contributed by atoms with Crippen LogP contribution in [0.3, 0.4) is 0 Å². The number of nitrogens with one attached hydrogen (secondary N) is 1. The van der Waals surface area contributed by atoms with Gasteiger partial charge in [0.1, 0.15) is 10.8 Å². The summed E-state index contributed by atoms with van der Waals surface area (Å²) in [6, 6.07) is 8.49. The minimum atomic E-state index is -0.775. The van der Waals surface area contributed by atoms with Crippen molar-refractivity contribution in [3.05, 3.63) is 45.9 Å². The Hall–Kier alpha value is -2.11. The maximum atomic E-state index is 12.4. The molecule has 0 heterocycles. The average Bonchev–Trinajstić information content (AvgIpc) is 2.60. The van der Waals surface area contributed by atoms with E-state index in [1.54, 1.807) is 44.4 Å². The average molecular weight is 384 g/mol. The van der Waals surface area contributed by atoms with E-state index in [9.17, 15) is 4.79 Å². The number of rotatable bonds is 6. The number of carbonyl (C=O) groups excluding carboxylic acids is 1. The van der Waals surface area contributed by atoms with Crippen molar-refractivity contribution in [2.75, 3.05) is 19.5 Å². The van der Waals surface area contributed by atoms with Crippen LogP contribution in [0.5, 0.6) is 17.2 Å². The van der Waals surface area contributed by atoms with Crippen LogP contribution in [0.15, 0.2) is 30.3 Å². The third-order valence-corrected chi connectivity index (χ3v) is 4.38. The lowest BCUT2D eigenvalue weighted by Crippen LogP contribution is -2.30. The van der Waals surface area contributed by atoms with Crippen molar-refractivity contribution in [2.24, 2.45) is 0 Å². The molecule has 0 radical (unpaired) electrons. The van der Waals surface area contributed by atoms with E-state index in [-0.39, 0.29) is 10.9 Å². The van der Waals surface area contributed by atoms with Crippen LogP contribution in [0.25, 0.3) is 0 Å². The molecule has 5 nitrogen and oxygen atoms in total. The van der Waals surface area contributed by atoms with Gasteiger partial charge in [-0.3, -0.25) is 4.79 Å². The molecule has 0 aliphatic rings. The van der Waals surface area contributed by atoms with Crippen molar-refractivity contribution in [1.82, 2.24) is 0 Å². The summed E-state index contributed by atoms with van der Waals surface area (Å²) in [5.74, 6) is 1.13. The van der Waals surface area contributed by atoms with Gasteiger partial charge < -0.3 is 19.5 Å². The lowest BCUT2D eigenvalue weighted by atomic mass is 10.1. The van der Waals surface area contributed by atoms with E-state index in [2.05, 4.69) is 5.32 Å². The molecule has 7 heteroatoms. The topological polar surface area (TPSA) is 56.8 Å². The molecule has 25 heavy (non-hydrogen) atoms. The molecule has 2 aromatic rings. The molecule has 1 N–H and O–H groups in total. The lowest BCUT2D eigenvalue weighted by molar-refractivity contribution is -0.122. The van der Waals surface area contributed by atoms with Crippen LogP contribution >= 0.6 is 23.2 Å². The first-order chi connectivity index (χ1) is 11.9. The maximum absolute atomic E-state index is 12.4. The van der Waals surface area contributed by atoms with Crippen LogP contribution in [-0.4, -0.2) is 26.2 Å². The van der Waals surface area contributed by atoms with Gasteiger partial charge in [-0.1, -0.05) is 29.3 Å². The molecule has 1 amide bonds. The Labute approximate surface area is 156 Å². The third kappa shape index (κ3) is 4.50. The summed E-state index contributed by atoms with van der Waals surface area (Å²) in [7, 11) is 3.09. The summed E-state index contributed by atoms with van der Waals surface area (Å²) in [6.45, 7) is 3.49. The first-order valence-corrected chi connectivity index (χ1v) is 8.27. The second kappa shape index (κ2) is 8.32. The Kier molecular flexibility index (Phi) is 6.39. The first-order valence-electron chi connectivity index (χ1n) is 7.51.